The van der Waals surface area contributed by atoms with Crippen LogP contribution in [0, 0.1) is 6.92 Å². The highest BCUT2D eigenvalue weighted by molar-refractivity contribution is 5.12. The topological polar surface area (TPSA) is 29.9 Å². The third-order valence-corrected chi connectivity index (χ3v) is 3.51. The van der Waals surface area contributed by atoms with E-state index in [1.807, 2.05) is 17.7 Å². The molecule has 96 valence electrons. The first-order valence-electron chi connectivity index (χ1n) is 6.56. The minimum Gasteiger partial charge on any atom is -0.317 e. The van der Waals surface area contributed by atoms with Crippen LogP contribution < -0.4 is 5.32 Å². The van der Waals surface area contributed by atoms with Gasteiger partial charge in [0.15, 0.2) is 0 Å². The molecule has 0 aromatic carbocycles. The monoisotopic (exact) mass is 239 g/mol. The van der Waals surface area contributed by atoms with Gasteiger partial charge in [-0.1, -0.05) is 0 Å². The summed E-state index contributed by atoms with van der Waals surface area (Å²) in [5, 5.41) is 7.64. The molecule has 17 heavy (non-hydrogen) atoms. The van der Waals surface area contributed by atoms with Crippen LogP contribution in [0.4, 0.5) is 4.39 Å². The summed E-state index contributed by atoms with van der Waals surface area (Å²) in [5.41, 5.74) is 0.967. The number of aryl methyl sites for hydroxylation is 2. The fourth-order valence-corrected chi connectivity index (χ4v) is 2.61. The zero-order valence-corrected chi connectivity index (χ0v) is 10.8. The van der Waals surface area contributed by atoms with E-state index in [9.17, 15) is 4.39 Å². The van der Waals surface area contributed by atoms with Crippen molar-refractivity contribution in [3.63, 3.8) is 0 Å². The number of alkyl halides is 1. The Morgan fingerprint density at radius 2 is 2.29 bits per heavy atom. The van der Waals surface area contributed by atoms with Gasteiger partial charge >= 0.3 is 0 Å². The first-order chi connectivity index (χ1) is 8.13. The lowest BCUT2D eigenvalue weighted by atomic mass is 9.91. The number of hydrogen-bond donors (Lipinski definition) is 1. The van der Waals surface area contributed by atoms with Gasteiger partial charge in [-0.25, -0.2) is 4.39 Å². The number of hydrogen-bond acceptors (Lipinski definition) is 2. The number of halogens is 1. The average molecular weight is 239 g/mol. The van der Waals surface area contributed by atoms with Crippen molar-refractivity contribution in [3.8, 4) is 0 Å². The maximum atomic E-state index is 14.8. The lowest BCUT2D eigenvalue weighted by molar-refractivity contribution is 0.141. The molecule has 1 N–H and O–H groups in total. The molecule has 1 fully saturated rings. The van der Waals surface area contributed by atoms with Crippen molar-refractivity contribution in [2.24, 2.45) is 0 Å². The van der Waals surface area contributed by atoms with Crippen molar-refractivity contribution >= 4 is 0 Å². The molecule has 1 atom stereocenters. The molecule has 0 radical (unpaired) electrons. The van der Waals surface area contributed by atoms with Crippen LogP contribution in [0.5, 0.6) is 0 Å². The van der Waals surface area contributed by atoms with Crippen molar-refractivity contribution in [2.45, 2.75) is 51.7 Å². The van der Waals surface area contributed by atoms with Gasteiger partial charge in [0.1, 0.15) is 5.67 Å². The smallest absolute Gasteiger partial charge is 0.117 e. The van der Waals surface area contributed by atoms with Crippen LogP contribution in [-0.4, -0.2) is 28.5 Å². The average Bonchev–Trinajstić information content (AvgIpc) is 2.49. The molecule has 1 aromatic heterocycles. The van der Waals surface area contributed by atoms with Crippen LogP contribution in [0.3, 0.4) is 0 Å². The molecule has 0 aliphatic carbocycles. The van der Waals surface area contributed by atoms with Gasteiger partial charge in [0, 0.05) is 18.7 Å². The van der Waals surface area contributed by atoms with Crippen LogP contribution >= 0.6 is 0 Å². The van der Waals surface area contributed by atoms with Gasteiger partial charge in [-0.3, -0.25) is 4.68 Å². The Bertz CT molecular complexity index is 365. The van der Waals surface area contributed by atoms with Crippen LogP contribution in [0.15, 0.2) is 6.07 Å². The summed E-state index contributed by atoms with van der Waals surface area (Å²) in [6.45, 7) is 6.57. The Kier molecular flexibility index (Phi) is 3.82. The molecule has 2 rings (SSSR count). The minimum absolute atomic E-state index is 0.503. The quantitative estimate of drug-likeness (QED) is 0.876. The van der Waals surface area contributed by atoms with Gasteiger partial charge in [-0.15, -0.1) is 0 Å². The van der Waals surface area contributed by atoms with Crippen LogP contribution in [0.1, 0.15) is 37.6 Å². The summed E-state index contributed by atoms with van der Waals surface area (Å²) in [7, 11) is 0. The van der Waals surface area contributed by atoms with Gasteiger partial charge in [-0.2, -0.15) is 5.10 Å². The Morgan fingerprint density at radius 1 is 1.47 bits per heavy atom. The summed E-state index contributed by atoms with van der Waals surface area (Å²) < 4.78 is 16.7. The summed E-state index contributed by atoms with van der Waals surface area (Å²) in [6, 6.07) is 2.02. The summed E-state index contributed by atoms with van der Waals surface area (Å²) in [5.74, 6) is 0. The van der Waals surface area contributed by atoms with E-state index in [1.54, 1.807) is 0 Å². The number of aromatic nitrogens is 2. The zero-order chi connectivity index (χ0) is 12.3. The summed E-state index contributed by atoms with van der Waals surface area (Å²) in [4.78, 5) is 0. The van der Waals surface area contributed by atoms with E-state index in [1.165, 1.54) is 0 Å². The van der Waals surface area contributed by atoms with E-state index in [0.717, 1.165) is 37.4 Å². The maximum Gasteiger partial charge on any atom is 0.117 e. The van der Waals surface area contributed by atoms with Gasteiger partial charge < -0.3 is 5.32 Å². The van der Waals surface area contributed by atoms with Gasteiger partial charge in [-0.05, 0) is 52.3 Å². The zero-order valence-electron chi connectivity index (χ0n) is 10.8. The molecule has 0 bridgehead atoms. The second-order valence-corrected chi connectivity index (χ2v) is 5.02. The van der Waals surface area contributed by atoms with Gasteiger partial charge in [0.2, 0.25) is 0 Å². The highest BCUT2D eigenvalue weighted by Gasteiger charge is 2.31. The first kappa shape index (κ1) is 12.6. The Hall–Kier alpha value is -0.900. The number of rotatable bonds is 3. The highest BCUT2D eigenvalue weighted by Crippen LogP contribution is 2.28. The van der Waals surface area contributed by atoms with Gasteiger partial charge in [0.05, 0.1) is 5.69 Å². The second kappa shape index (κ2) is 5.17. The molecule has 1 aliphatic rings. The molecule has 0 amide bonds. The lowest BCUT2D eigenvalue weighted by Crippen LogP contribution is -2.28. The van der Waals surface area contributed by atoms with E-state index in [0.29, 0.717) is 19.3 Å². The molecular weight excluding hydrogens is 217 g/mol. The predicted molar refractivity (Wildman–Crippen MR) is 66.9 cm³/mol. The molecule has 2 heterocycles. The maximum absolute atomic E-state index is 14.8. The van der Waals surface area contributed by atoms with Crippen molar-refractivity contribution < 1.29 is 4.39 Å². The Balaban J connectivity index is 2.12. The van der Waals surface area contributed by atoms with E-state index in [-0.39, 0.29) is 0 Å². The molecule has 1 aliphatic heterocycles. The van der Waals surface area contributed by atoms with Crippen LogP contribution in [0.25, 0.3) is 0 Å². The minimum atomic E-state index is -1.05. The van der Waals surface area contributed by atoms with Gasteiger partial charge in [0.25, 0.3) is 0 Å². The van der Waals surface area contributed by atoms with E-state index < -0.39 is 5.67 Å². The molecule has 0 saturated carbocycles. The molecule has 1 saturated heterocycles. The molecule has 3 nitrogen and oxygen atoms in total. The van der Waals surface area contributed by atoms with E-state index >= 15 is 0 Å². The molecular formula is C13H22FN3. The van der Waals surface area contributed by atoms with Crippen molar-refractivity contribution in [1.82, 2.24) is 15.1 Å². The Morgan fingerprint density at radius 3 is 3.06 bits per heavy atom. The number of nitrogens with zero attached hydrogens (tertiary/aromatic N) is 2. The molecule has 4 heteroatoms. The fourth-order valence-electron chi connectivity index (χ4n) is 2.61. The SMILES string of the molecule is CCn1nc(C)cc1CC1(F)CCCNCC1. The van der Waals surface area contributed by atoms with Crippen molar-refractivity contribution in [2.75, 3.05) is 13.1 Å². The van der Waals surface area contributed by atoms with Crippen LogP contribution in [-0.2, 0) is 13.0 Å². The summed E-state index contributed by atoms with van der Waals surface area (Å²) >= 11 is 0. The Labute approximate surface area is 102 Å². The standard InChI is InChI=1S/C13H22FN3/c1-3-17-12(9-11(2)16-17)10-13(14)5-4-7-15-8-6-13/h9,15H,3-8,10H2,1-2H3. The van der Waals surface area contributed by atoms with E-state index in [4.69, 9.17) is 0 Å². The second-order valence-electron chi connectivity index (χ2n) is 5.02. The fraction of sp³-hybridized carbons (Fsp3) is 0.769. The molecule has 1 aromatic rings. The number of nitrogens with one attached hydrogen (secondary N) is 1. The van der Waals surface area contributed by atoms with Crippen molar-refractivity contribution in [1.29, 1.82) is 0 Å². The van der Waals surface area contributed by atoms with Crippen LogP contribution in [0.2, 0.25) is 0 Å². The third kappa shape index (κ3) is 3.06. The molecule has 0 spiro atoms. The molecule has 1 unspecified atom stereocenters. The highest BCUT2D eigenvalue weighted by atomic mass is 19.1. The van der Waals surface area contributed by atoms with E-state index in [2.05, 4.69) is 17.3 Å². The summed E-state index contributed by atoms with van der Waals surface area (Å²) in [6.07, 6.45) is 2.70. The predicted octanol–water partition coefficient (Wildman–Crippen LogP) is 2.24. The lowest BCUT2D eigenvalue weighted by Gasteiger charge is -2.23. The normalized spacial score (nSPS) is 25.8. The third-order valence-electron chi connectivity index (χ3n) is 3.51. The van der Waals surface area contributed by atoms with Crippen molar-refractivity contribution in [3.05, 3.63) is 17.5 Å². The first-order valence-corrected chi connectivity index (χ1v) is 6.56. The largest absolute Gasteiger partial charge is 0.317 e.